The Balaban J connectivity index is 1.06. The summed E-state index contributed by atoms with van der Waals surface area (Å²) in [6.45, 7) is 0. The summed E-state index contributed by atoms with van der Waals surface area (Å²) in [6.07, 6.45) is 0. The first kappa shape index (κ1) is 33.1. The number of hydrogen-bond donors (Lipinski definition) is 0. The molecule has 0 amide bonds. The van der Waals surface area contributed by atoms with Crippen molar-refractivity contribution in [3.63, 3.8) is 0 Å². The fourth-order valence-electron chi connectivity index (χ4n) is 9.80. The SMILES string of the molecule is c1ccc(-c2nc(-c3ccc(-c4nc5ccccc5c5cc6c(cc45)C4(c5ccccc5Sc5ccccc54)c4ccccc4-6)cc3)c3sc4ccccc4c3n2)cc1. The molecule has 0 bridgehead atoms. The Morgan fingerprint density at radius 1 is 0.390 bits per heavy atom. The Bertz CT molecular complexity index is 3490. The van der Waals surface area contributed by atoms with Crippen molar-refractivity contribution in [3.8, 4) is 45.0 Å². The lowest BCUT2D eigenvalue weighted by atomic mass is 9.67. The number of para-hydroxylation sites is 1. The van der Waals surface area contributed by atoms with E-state index in [1.54, 1.807) is 11.3 Å². The lowest BCUT2D eigenvalue weighted by Gasteiger charge is -2.39. The van der Waals surface area contributed by atoms with Gasteiger partial charge in [0.25, 0.3) is 0 Å². The molecule has 4 heterocycles. The number of rotatable bonds is 3. The Morgan fingerprint density at radius 3 is 1.80 bits per heavy atom. The standard InChI is InChI=1S/C54H31N3S2/c1-2-14-34(15-3-1)53-56-50(52-51(57-53)37-18-6-11-23-46(37)59-52)33-28-26-32(27-29-33)49-40-31-44-39(30-38(40)36-17-5-10-22-45(36)55-49)35-16-4-7-19-41(35)54(44)42-20-8-12-24-47(42)58-48-25-13-9-21-43(48)54/h1-31H. The number of pyridine rings is 1. The third kappa shape index (κ3) is 4.68. The van der Waals surface area contributed by atoms with Crippen molar-refractivity contribution in [1.82, 2.24) is 15.0 Å². The van der Waals surface area contributed by atoms with Crippen molar-refractivity contribution in [1.29, 1.82) is 0 Å². The highest BCUT2D eigenvalue weighted by Gasteiger charge is 2.50. The van der Waals surface area contributed by atoms with Gasteiger partial charge in [-0.2, -0.15) is 0 Å². The summed E-state index contributed by atoms with van der Waals surface area (Å²) in [6, 6.07) is 68.3. The van der Waals surface area contributed by atoms with Gasteiger partial charge in [-0.05, 0) is 75.2 Å². The van der Waals surface area contributed by atoms with Crippen LogP contribution >= 0.6 is 23.1 Å². The molecule has 2 aliphatic rings. The van der Waals surface area contributed by atoms with Crippen LogP contribution in [0.1, 0.15) is 22.3 Å². The predicted molar refractivity (Wildman–Crippen MR) is 245 cm³/mol. The number of thiophene rings is 1. The van der Waals surface area contributed by atoms with E-state index in [9.17, 15) is 0 Å². The number of aromatic nitrogens is 3. The summed E-state index contributed by atoms with van der Waals surface area (Å²) in [7, 11) is 0. The third-order valence-electron chi connectivity index (χ3n) is 12.4. The molecule has 0 fully saturated rings. The molecule has 1 aliphatic heterocycles. The molecule has 11 aromatic rings. The molecular formula is C54H31N3S2. The van der Waals surface area contributed by atoms with E-state index >= 15 is 0 Å². The third-order valence-corrected chi connectivity index (χ3v) is 14.7. The monoisotopic (exact) mass is 785 g/mol. The average Bonchev–Trinajstić information content (AvgIpc) is 3.82. The van der Waals surface area contributed by atoms with E-state index in [4.69, 9.17) is 15.0 Å². The molecule has 1 aliphatic carbocycles. The van der Waals surface area contributed by atoms with Gasteiger partial charge in [-0.25, -0.2) is 15.0 Å². The zero-order valence-electron chi connectivity index (χ0n) is 31.6. The number of nitrogens with zero attached hydrogens (tertiary/aromatic N) is 3. The maximum Gasteiger partial charge on any atom is 0.160 e. The van der Waals surface area contributed by atoms with Crippen LogP contribution in [0.3, 0.4) is 0 Å². The smallest absolute Gasteiger partial charge is 0.160 e. The van der Waals surface area contributed by atoms with Crippen LogP contribution < -0.4 is 0 Å². The summed E-state index contributed by atoms with van der Waals surface area (Å²) >= 11 is 3.64. The van der Waals surface area contributed by atoms with Crippen LogP contribution in [0.5, 0.6) is 0 Å². The molecule has 0 saturated heterocycles. The maximum absolute atomic E-state index is 5.48. The van der Waals surface area contributed by atoms with Gasteiger partial charge in [-0.3, -0.25) is 0 Å². The van der Waals surface area contributed by atoms with E-state index < -0.39 is 5.41 Å². The van der Waals surface area contributed by atoms with Gasteiger partial charge in [0, 0.05) is 47.3 Å². The minimum absolute atomic E-state index is 0.468. The van der Waals surface area contributed by atoms with E-state index in [0.717, 1.165) is 65.8 Å². The van der Waals surface area contributed by atoms with Crippen LogP contribution in [0.2, 0.25) is 0 Å². The normalized spacial score (nSPS) is 13.5. The Labute approximate surface area is 348 Å². The molecule has 3 nitrogen and oxygen atoms in total. The number of benzene rings is 8. The van der Waals surface area contributed by atoms with Gasteiger partial charge < -0.3 is 0 Å². The van der Waals surface area contributed by atoms with Gasteiger partial charge in [-0.15, -0.1) is 11.3 Å². The van der Waals surface area contributed by atoms with Crippen molar-refractivity contribution < 1.29 is 0 Å². The molecular weight excluding hydrogens is 755 g/mol. The quantitative estimate of drug-likeness (QED) is 0.167. The summed E-state index contributed by atoms with van der Waals surface area (Å²) < 4.78 is 2.31. The summed E-state index contributed by atoms with van der Waals surface area (Å²) in [5.41, 5.74) is 14.5. The highest BCUT2D eigenvalue weighted by atomic mass is 32.2. The minimum Gasteiger partial charge on any atom is -0.247 e. The fourth-order valence-corrected chi connectivity index (χ4v) is 12.2. The van der Waals surface area contributed by atoms with Crippen molar-refractivity contribution in [2.24, 2.45) is 0 Å². The molecule has 0 saturated carbocycles. The molecule has 3 aromatic heterocycles. The minimum atomic E-state index is -0.468. The van der Waals surface area contributed by atoms with Gasteiger partial charge in [-0.1, -0.05) is 163 Å². The molecule has 59 heavy (non-hydrogen) atoms. The molecule has 0 unspecified atom stereocenters. The first-order valence-electron chi connectivity index (χ1n) is 19.9. The summed E-state index contributed by atoms with van der Waals surface area (Å²) in [5.74, 6) is 0.732. The largest absolute Gasteiger partial charge is 0.247 e. The van der Waals surface area contributed by atoms with Crippen LogP contribution in [-0.2, 0) is 5.41 Å². The first-order chi connectivity index (χ1) is 29.2. The molecule has 0 atom stereocenters. The van der Waals surface area contributed by atoms with Gasteiger partial charge in [0.15, 0.2) is 5.82 Å². The van der Waals surface area contributed by atoms with Gasteiger partial charge in [0.05, 0.1) is 32.5 Å². The molecule has 5 heteroatoms. The molecule has 0 radical (unpaired) electrons. The van der Waals surface area contributed by atoms with Gasteiger partial charge in [0.1, 0.15) is 0 Å². The zero-order valence-corrected chi connectivity index (χ0v) is 33.2. The molecule has 8 aromatic carbocycles. The van der Waals surface area contributed by atoms with E-state index in [2.05, 4.69) is 170 Å². The van der Waals surface area contributed by atoms with Crippen LogP contribution in [0.4, 0.5) is 0 Å². The molecule has 0 N–H and O–H groups in total. The average molecular weight is 786 g/mol. The van der Waals surface area contributed by atoms with E-state index in [1.165, 1.54) is 53.3 Å². The Hall–Kier alpha value is -6.92. The van der Waals surface area contributed by atoms with Crippen LogP contribution in [0.15, 0.2) is 198 Å². The topological polar surface area (TPSA) is 38.7 Å². The Morgan fingerprint density at radius 2 is 1.02 bits per heavy atom. The van der Waals surface area contributed by atoms with E-state index in [-0.39, 0.29) is 0 Å². The van der Waals surface area contributed by atoms with Gasteiger partial charge >= 0.3 is 0 Å². The second-order valence-electron chi connectivity index (χ2n) is 15.4. The second kappa shape index (κ2) is 12.5. The van der Waals surface area contributed by atoms with Crippen molar-refractivity contribution in [2.75, 3.05) is 0 Å². The fraction of sp³-hybridized carbons (Fsp3) is 0.0185. The lowest BCUT2D eigenvalue weighted by molar-refractivity contribution is 0.723. The molecule has 274 valence electrons. The maximum atomic E-state index is 5.48. The van der Waals surface area contributed by atoms with Gasteiger partial charge in [0.2, 0.25) is 0 Å². The zero-order chi connectivity index (χ0) is 38.7. The summed E-state index contributed by atoms with van der Waals surface area (Å²) in [4.78, 5) is 18.5. The van der Waals surface area contributed by atoms with Crippen LogP contribution in [0.25, 0.3) is 87.0 Å². The van der Waals surface area contributed by atoms with Crippen molar-refractivity contribution >= 4 is 65.1 Å². The van der Waals surface area contributed by atoms with Crippen molar-refractivity contribution in [2.45, 2.75) is 15.2 Å². The highest BCUT2D eigenvalue weighted by Crippen LogP contribution is 2.63. The van der Waals surface area contributed by atoms with Crippen molar-refractivity contribution in [3.05, 3.63) is 210 Å². The van der Waals surface area contributed by atoms with Crippen LogP contribution in [0, 0.1) is 0 Å². The van der Waals surface area contributed by atoms with E-state index in [0.29, 0.717) is 0 Å². The molecule has 13 rings (SSSR count). The number of fused-ring (bicyclic) bond motifs is 15. The van der Waals surface area contributed by atoms with E-state index in [1.807, 2.05) is 30.0 Å². The van der Waals surface area contributed by atoms with Crippen LogP contribution in [-0.4, -0.2) is 15.0 Å². The summed E-state index contributed by atoms with van der Waals surface area (Å²) in [5, 5.41) is 4.68. The molecule has 1 spiro atoms. The first-order valence-corrected chi connectivity index (χ1v) is 21.6. The second-order valence-corrected chi connectivity index (χ2v) is 17.6. The highest BCUT2D eigenvalue weighted by molar-refractivity contribution is 7.99. The Kier molecular flexibility index (Phi) is 7.03. The predicted octanol–water partition coefficient (Wildman–Crippen LogP) is 14.4. The number of hydrogen-bond acceptors (Lipinski definition) is 5. The lowest BCUT2D eigenvalue weighted by Crippen LogP contribution is -2.31.